The van der Waals surface area contributed by atoms with E-state index >= 15 is 0 Å². The lowest BCUT2D eigenvalue weighted by Gasteiger charge is -2.35. The molecule has 1 amide bonds. The van der Waals surface area contributed by atoms with Gasteiger partial charge in [-0.15, -0.1) is 0 Å². The van der Waals surface area contributed by atoms with Crippen molar-refractivity contribution in [3.8, 4) is 11.5 Å². The van der Waals surface area contributed by atoms with Crippen molar-refractivity contribution in [3.63, 3.8) is 0 Å². The second kappa shape index (κ2) is 7.39. The van der Waals surface area contributed by atoms with Gasteiger partial charge in [-0.05, 0) is 31.0 Å². The molecule has 1 aliphatic rings. The van der Waals surface area contributed by atoms with Crippen LogP contribution >= 0.6 is 0 Å². The summed E-state index contributed by atoms with van der Waals surface area (Å²) >= 11 is 0. The number of furan rings is 1. The van der Waals surface area contributed by atoms with Gasteiger partial charge in [-0.3, -0.25) is 14.4 Å². The van der Waals surface area contributed by atoms with Gasteiger partial charge in [0, 0.05) is 39.8 Å². The number of hydrogen-bond acceptors (Lipinski definition) is 5. The van der Waals surface area contributed by atoms with E-state index in [-0.39, 0.29) is 5.91 Å². The Balaban J connectivity index is 1.68. The minimum atomic E-state index is 0.0421. The maximum absolute atomic E-state index is 13.4. The Hall–Kier alpha value is -2.67. The van der Waals surface area contributed by atoms with Crippen molar-refractivity contribution < 1.29 is 9.21 Å². The molecule has 3 aromatic rings. The Morgan fingerprint density at radius 3 is 2.64 bits per heavy atom. The minimum absolute atomic E-state index is 0.0421. The lowest BCUT2D eigenvalue weighted by Crippen LogP contribution is -2.49. The van der Waals surface area contributed by atoms with Gasteiger partial charge in [0.2, 0.25) is 0 Å². The number of aromatic nitrogens is 3. The monoisotopic (exact) mass is 381 g/mol. The molecular formula is C21H27N5O2. The number of pyridine rings is 1. The normalized spacial score (nSPS) is 15.7. The van der Waals surface area contributed by atoms with Crippen LogP contribution in [0.1, 0.15) is 29.9 Å². The van der Waals surface area contributed by atoms with Crippen molar-refractivity contribution >= 4 is 16.9 Å². The second-order valence-electron chi connectivity index (χ2n) is 7.93. The predicted molar refractivity (Wildman–Crippen MR) is 108 cm³/mol. The van der Waals surface area contributed by atoms with Gasteiger partial charge in [-0.25, -0.2) is 4.98 Å². The van der Waals surface area contributed by atoms with Crippen molar-refractivity contribution in [2.75, 3.05) is 32.7 Å². The van der Waals surface area contributed by atoms with Crippen molar-refractivity contribution in [2.45, 2.75) is 20.8 Å². The zero-order chi connectivity index (χ0) is 19.8. The van der Waals surface area contributed by atoms with Gasteiger partial charge in [0.25, 0.3) is 5.91 Å². The van der Waals surface area contributed by atoms with Crippen LogP contribution in [0.25, 0.3) is 22.5 Å². The van der Waals surface area contributed by atoms with Gasteiger partial charge < -0.3 is 9.32 Å². The van der Waals surface area contributed by atoms with Gasteiger partial charge in [-0.1, -0.05) is 13.8 Å². The van der Waals surface area contributed by atoms with E-state index in [9.17, 15) is 4.79 Å². The molecule has 0 radical (unpaired) electrons. The fourth-order valence-electron chi connectivity index (χ4n) is 3.98. The number of aryl methyl sites for hydroxylation is 2. The first-order valence-electron chi connectivity index (χ1n) is 9.84. The summed E-state index contributed by atoms with van der Waals surface area (Å²) in [5, 5.41) is 5.32. The summed E-state index contributed by atoms with van der Waals surface area (Å²) < 4.78 is 7.25. The highest BCUT2D eigenvalue weighted by Gasteiger charge is 2.26. The summed E-state index contributed by atoms with van der Waals surface area (Å²) in [6.45, 7) is 10.8. The zero-order valence-electron chi connectivity index (χ0n) is 17.0. The smallest absolute Gasteiger partial charge is 0.254 e. The number of amides is 1. The molecule has 0 saturated carbocycles. The quantitative estimate of drug-likeness (QED) is 0.695. The van der Waals surface area contributed by atoms with Crippen LogP contribution in [-0.2, 0) is 7.05 Å². The third-order valence-corrected chi connectivity index (χ3v) is 5.26. The molecule has 1 aliphatic heterocycles. The molecule has 0 bridgehead atoms. The maximum Gasteiger partial charge on any atom is 0.254 e. The van der Waals surface area contributed by atoms with E-state index in [2.05, 4.69) is 23.8 Å². The fraction of sp³-hybridized carbons (Fsp3) is 0.476. The van der Waals surface area contributed by atoms with Crippen LogP contribution in [0.5, 0.6) is 0 Å². The number of nitrogens with zero attached hydrogens (tertiary/aromatic N) is 5. The molecular weight excluding hydrogens is 354 g/mol. The lowest BCUT2D eigenvalue weighted by molar-refractivity contribution is 0.0625. The van der Waals surface area contributed by atoms with Crippen LogP contribution < -0.4 is 0 Å². The van der Waals surface area contributed by atoms with E-state index in [1.165, 1.54) is 0 Å². The summed E-state index contributed by atoms with van der Waals surface area (Å²) in [4.78, 5) is 22.5. The molecule has 28 heavy (non-hydrogen) atoms. The van der Waals surface area contributed by atoms with Gasteiger partial charge in [-0.2, -0.15) is 5.10 Å². The average molecular weight is 381 g/mol. The fourth-order valence-corrected chi connectivity index (χ4v) is 3.98. The van der Waals surface area contributed by atoms with Gasteiger partial charge in [0.05, 0.1) is 22.9 Å². The van der Waals surface area contributed by atoms with E-state index in [1.807, 2.05) is 37.1 Å². The molecule has 0 unspecified atom stereocenters. The van der Waals surface area contributed by atoms with Crippen molar-refractivity contribution in [1.82, 2.24) is 24.6 Å². The molecule has 4 heterocycles. The van der Waals surface area contributed by atoms with E-state index in [0.717, 1.165) is 43.8 Å². The Morgan fingerprint density at radius 2 is 2.00 bits per heavy atom. The number of carbonyl (C=O) groups is 1. The molecule has 7 nitrogen and oxygen atoms in total. The molecule has 3 aromatic heterocycles. The van der Waals surface area contributed by atoms with Crippen molar-refractivity contribution in [1.29, 1.82) is 0 Å². The molecule has 0 spiro atoms. The van der Waals surface area contributed by atoms with Crippen LogP contribution in [0.3, 0.4) is 0 Å². The summed E-state index contributed by atoms with van der Waals surface area (Å²) in [6.07, 6.45) is 1.62. The highest BCUT2D eigenvalue weighted by Crippen LogP contribution is 2.28. The lowest BCUT2D eigenvalue weighted by atomic mass is 10.1. The Kier molecular flexibility index (Phi) is 4.93. The first-order chi connectivity index (χ1) is 13.4. The molecule has 1 saturated heterocycles. The first-order valence-corrected chi connectivity index (χ1v) is 9.84. The number of piperazine rings is 1. The SMILES string of the molecule is Cc1nn(C)c2nc(-c3ccco3)cc(C(=O)N3CCN(CC(C)C)CC3)c12. The molecule has 0 N–H and O–H groups in total. The van der Waals surface area contributed by atoms with Crippen LogP contribution in [0, 0.1) is 12.8 Å². The maximum atomic E-state index is 13.4. The Bertz CT molecular complexity index is 982. The molecule has 0 aromatic carbocycles. The molecule has 0 aliphatic carbocycles. The second-order valence-corrected chi connectivity index (χ2v) is 7.93. The summed E-state index contributed by atoms with van der Waals surface area (Å²) in [5.74, 6) is 1.33. The van der Waals surface area contributed by atoms with E-state index in [1.54, 1.807) is 10.9 Å². The highest BCUT2D eigenvalue weighted by atomic mass is 16.3. The van der Waals surface area contributed by atoms with E-state index in [0.29, 0.717) is 28.6 Å². The van der Waals surface area contributed by atoms with E-state index < -0.39 is 0 Å². The van der Waals surface area contributed by atoms with E-state index in [4.69, 9.17) is 9.40 Å². The van der Waals surface area contributed by atoms with Crippen molar-refractivity contribution in [3.05, 3.63) is 35.7 Å². The number of rotatable bonds is 4. The van der Waals surface area contributed by atoms with Crippen LogP contribution in [0.2, 0.25) is 0 Å². The Labute approximate surface area is 164 Å². The standard InChI is InChI=1S/C21H27N5O2/c1-14(2)13-25-7-9-26(10-8-25)21(27)16-12-17(18-6-5-11-28-18)22-20-19(16)15(3)23-24(20)4/h5-6,11-12,14H,7-10,13H2,1-4H3. The van der Waals surface area contributed by atoms with Crippen molar-refractivity contribution in [2.24, 2.45) is 13.0 Å². The topological polar surface area (TPSA) is 67.4 Å². The molecule has 1 fully saturated rings. The van der Waals surface area contributed by atoms with Gasteiger partial charge in [0.15, 0.2) is 11.4 Å². The van der Waals surface area contributed by atoms with Gasteiger partial charge in [0.1, 0.15) is 5.69 Å². The van der Waals surface area contributed by atoms with Gasteiger partial charge >= 0.3 is 0 Å². The van der Waals surface area contributed by atoms with Crippen LogP contribution in [-0.4, -0.2) is 63.2 Å². The first kappa shape index (κ1) is 18.7. The number of hydrogen-bond donors (Lipinski definition) is 0. The predicted octanol–water partition coefficient (Wildman–Crippen LogP) is 2.95. The third kappa shape index (κ3) is 3.42. The zero-order valence-corrected chi connectivity index (χ0v) is 17.0. The minimum Gasteiger partial charge on any atom is -0.463 e. The molecule has 7 heteroatoms. The van der Waals surface area contributed by atoms with Crippen LogP contribution in [0.4, 0.5) is 0 Å². The molecule has 0 atom stereocenters. The average Bonchev–Trinajstić information content (AvgIpc) is 3.30. The van der Waals surface area contributed by atoms with Crippen LogP contribution in [0.15, 0.2) is 28.9 Å². The molecule has 4 rings (SSSR count). The highest BCUT2D eigenvalue weighted by molar-refractivity contribution is 6.07. The Morgan fingerprint density at radius 1 is 1.25 bits per heavy atom. The number of fused-ring (bicyclic) bond motifs is 1. The largest absolute Gasteiger partial charge is 0.463 e. The number of carbonyl (C=O) groups excluding carboxylic acids is 1. The summed E-state index contributed by atoms with van der Waals surface area (Å²) in [5.41, 5.74) is 2.83. The third-order valence-electron chi connectivity index (χ3n) is 5.26. The molecule has 148 valence electrons. The summed E-state index contributed by atoms with van der Waals surface area (Å²) in [6, 6.07) is 5.53. The summed E-state index contributed by atoms with van der Waals surface area (Å²) in [7, 11) is 1.85.